The number of hydrogen-bond acceptors (Lipinski definition) is 4. The molecular weight excluding hydrogens is 350 g/mol. The molecule has 136 valence electrons. The number of carbonyl (C=O) groups excluding carboxylic acids is 1. The summed E-state index contributed by atoms with van der Waals surface area (Å²) in [6.45, 7) is 0. The van der Waals surface area contributed by atoms with Crippen LogP contribution in [0.2, 0.25) is 0 Å². The smallest absolute Gasteiger partial charge is 0.189 e. The lowest BCUT2D eigenvalue weighted by molar-refractivity contribution is 0.104. The number of pyridine rings is 1. The Kier molecular flexibility index (Phi) is 4.60. The molecule has 4 nitrogen and oxygen atoms in total. The minimum atomic E-state index is -0.344. The van der Waals surface area contributed by atoms with Crippen molar-refractivity contribution in [3.8, 4) is 22.6 Å². The number of para-hydroxylation sites is 1. The fraction of sp³-hybridized carbons (Fsp3) is 0. The third-order valence-corrected chi connectivity index (χ3v) is 4.52. The molecule has 1 aromatic heterocycles. The van der Waals surface area contributed by atoms with E-state index in [2.05, 4.69) is 11.1 Å². The zero-order valence-electron chi connectivity index (χ0n) is 14.9. The number of carbonyl (C=O) groups is 1. The summed E-state index contributed by atoms with van der Waals surface area (Å²) in [6.07, 6.45) is 4.96. The van der Waals surface area contributed by atoms with Crippen molar-refractivity contribution in [2.45, 2.75) is 0 Å². The highest BCUT2D eigenvalue weighted by Gasteiger charge is 2.10. The Balaban J connectivity index is 1.69. The molecule has 0 aliphatic heterocycles. The first-order valence-electron chi connectivity index (χ1n) is 8.80. The molecule has 4 rings (SSSR count). The molecule has 0 radical (unpaired) electrons. The highest BCUT2D eigenvalue weighted by atomic mass is 16.3. The van der Waals surface area contributed by atoms with Crippen LogP contribution in [-0.4, -0.2) is 21.0 Å². The minimum Gasteiger partial charge on any atom is -0.508 e. The zero-order chi connectivity index (χ0) is 19.5. The fourth-order valence-corrected chi connectivity index (χ4v) is 3.11. The van der Waals surface area contributed by atoms with E-state index in [1.807, 2.05) is 54.7 Å². The normalized spacial score (nSPS) is 11.1. The molecule has 0 spiro atoms. The lowest BCUT2D eigenvalue weighted by atomic mass is 9.98. The van der Waals surface area contributed by atoms with Gasteiger partial charge in [-0.15, -0.1) is 0 Å². The summed E-state index contributed by atoms with van der Waals surface area (Å²) in [5.74, 6) is -0.683. The van der Waals surface area contributed by atoms with Gasteiger partial charge in [-0.3, -0.25) is 9.78 Å². The number of hydrogen-bond donors (Lipinski definition) is 2. The van der Waals surface area contributed by atoms with Crippen LogP contribution in [0.15, 0.2) is 85.1 Å². The van der Waals surface area contributed by atoms with Crippen LogP contribution < -0.4 is 0 Å². The number of fused-ring (bicyclic) bond motifs is 1. The molecule has 4 aromatic rings. The van der Waals surface area contributed by atoms with Crippen LogP contribution >= 0.6 is 0 Å². The van der Waals surface area contributed by atoms with Gasteiger partial charge in [-0.1, -0.05) is 48.5 Å². The molecule has 0 atom stereocenters. The van der Waals surface area contributed by atoms with Gasteiger partial charge in [-0.2, -0.15) is 0 Å². The van der Waals surface area contributed by atoms with Crippen LogP contribution in [0.3, 0.4) is 0 Å². The molecule has 0 saturated carbocycles. The van der Waals surface area contributed by atoms with Crippen molar-refractivity contribution >= 4 is 22.8 Å². The maximum Gasteiger partial charge on any atom is 0.189 e. The summed E-state index contributed by atoms with van der Waals surface area (Å²) in [6, 6.07) is 21.6. The number of aromatic nitrogens is 1. The number of aromatic hydroxyl groups is 2. The quantitative estimate of drug-likeness (QED) is 0.384. The predicted octanol–water partition coefficient (Wildman–Crippen LogP) is 5.21. The lowest BCUT2D eigenvalue weighted by Crippen LogP contribution is -1.94. The summed E-state index contributed by atoms with van der Waals surface area (Å²) in [7, 11) is 0. The van der Waals surface area contributed by atoms with Crippen molar-refractivity contribution in [1.29, 1.82) is 0 Å². The Labute approximate surface area is 162 Å². The number of rotatable bonds is 4. The Morgan fingerprint density at radius 2 is 1.68 bits per heavy atom. The summed E-state index contributed by atoms with van der Waals surface area (Å²) < 4.78 is 0. The third kappa shape index (κ3) is 3.48. The number of phenolic OH excluding ortho intramolecular Hbond substituents is 2. The van der Waals surface area contributed by atoms with Gasteiger partial charge < -0.3 is 10.2 Å². The van der Waals surface area contributed by atoms with Gasteiger partial charge in [0.15, 0.2) is 5.78 Å². The highest BCUT2D eigenvalue weighted by Crippen LogP contribution is 2.28. The molecule has 2 N–H and O–H groups in total. The second kappa shape index (κ2) is 7.37. The summed E-state index contributed by atoms with van der Waals surface area (Å²) >= 11 is 0. The molecule has 0 fully saturated rings. The van der Waals surface area contributed by atoms with Gasteiger partial charge in [0.1, 0.15) is 11.5 Å². The molecule has 3 aromatic carbocycles. The zero-order valence-corrected chi connectivity index (χ0v) is 14.9. The molecule has 0 saturated heterocycles. The van der Waals surface area contributed by atoms with E-state index in [1.165, 1.54) is 18.2 Å². The van der Waals surface area contributed by atoms with Crippen LogP contribution in [0.4, 0.5) is 0 Å². The number of allylic oxidation sites excluding steroid dienone is 1. The summed E-state index contributed by atoms with van der Waals surface area (Å²) in [4.78, 5) is 16.9. The van der Waals surface area contributed by atoms with Crippen LogP contribution in [0.5, 0.6) is 11.5 Å². The lowest BCUT2D eigenvalue weighted by Gasteiger charge is -2.07. The Hall–Kier alpha value is -3.92. The Morgan fingerprint density at radius 3 is 2.54 bits per heavy atom. The van der Waals surface area contributed by atoms with Crippen LogP contribution in [-0.2, 0) is 0 Å². The predicted molar refractivity (Wildman–Crippen MR) is 110 cm³/mol. The van der Waals surface area contributed by atoms with Crippen LogP contribution in [0.25, 0.3) is 28.1 Å². The van der Waals surface area contributed by atoms with Crippen molar-refractivity contribution < 1.29 is 15.0 Å². The second-order valence-corrected chi connectivity index (χ2v) is 6.40. The van der Waals surface area contributed by atoms with Crippen molar-refractivity contribution in [3.05, 3.63) is 96.2 Å². The van der Waals surface area contributed by atoms with E-state index in [0.717, 1.165) is 33.7 Å². The van der Waals surface area contributed by atoms with Crippen molar-refractivity contribution in [1.82, 2.24) is 4.98 Å². The van der Waals surface area contributed by atoms with E-state index in [1.54, 1.807) is 6.08 Å². The van der Waals surface area contributed by atoms with E-state index in [9.17, 15) is 15.0 Å². The molecule has 0 unspecified atom stereocenters. The van der Waals surface area contributed by atoms with Crippen molar-refractivity contribution in [3.63, 3.8) is 0 Å². The van der Waals surface area contributed by atoms with Gasteiger partial charge in [0.25, 0.3) is 0 Å². The van der Waals surface area contributed by atoms with E-state index < -0.39 is 0 Å². The average molecular weight is 367 g/mol. The van der Waals surface area contributed by atoms with E-state index >= 15 is 0 Å². The molecule has 1 heterocycles. The van der Waals surface area contributed by atoms with Gasteiger partial charge in [0.05, 0.1) is 11.1 Å². The van der Waals surface area contributed by atoms with Crippen molar-refractivity contribution in [2.24, 2.45) is 0 Å². The number of ketones is 1. The van der Waals surface area contributed by atoms with Gasteiger partial charge in [-0.05, 0) is 41.5 Å². The summed E-state index contributed by atoms with van der Waals surface area (Å²) in [5, 5.41) is 20.3. The number of phenols is 2. The summed E-state index contributed by atoms with van der Waals surface area (Å²) in [5.41, 5.74) is 3.85. The first-order chi connectivity index (χ1) is 13.6. The van der Waals surface area contributed by atoms with Crippen LogP contribution in [0, 0.1) is 0 Å². The van der Waals surface area contributed by atoms with Crippen molar-refractivity contribution in [2.75, 3.05) is 0 Å². The van der Waals surface area contributed by atoms with Gasteiger partial charge in [0, 0.05) is 23.2 Å². The minimum absolute atomic E-state index is 0.0906. The monoisotopic (exact) mass is 367 g/mol. The molecule has 28 heavy (non-hydrogen) atoms. The molecular formula is C24H17NO3. The van der Waals surface area contributed by atoms with Gasteiger partial charge in [-0.25, -0.2) is 0 Å². The van der Waals surface area contributed by atoms with Gasteiger partial charge in [0.2, 0.25) is 0 Å². The van der Waals surface area contributed by atoms with E-state index in [0.29, 0.717) is 0 Å². The molecule has 0 aliphatic rings. The SMILES string of the molecule is O=C(/C=C/c1ccccc1-c1cnc2ccccc2c1)c1ccc(O)cc1O. The molecule has 4 heteroatoms. The maximum absolute atomic E-state index is 12.4. The first-order valence-corrected chi connectivity index (χ1v) is 8.80. The fourth-order valence-electron chi connectivity index (χ4n) is 3.11. The van der Waals surface area contributed by atoms with Gasteiger partial charge >= 0.3 is 0 Å². The van der Waals surface area contributed by atoms with E-state index in [4.69, 9.17) is 0 Å². The molecule has 0 bridgehead atoms. The highest BCUT2D eigenvalue weighted by molar-refractivity contribution is 6.09. The average Bonchev–Trinajstić information content (AvgIpc) is 2.72. The number of nitrogens with zero attached hydrogens (tertiary/aromatic N) is 1. The van der Waals surface area contributed by atoms with E-state index in [-0.39, 0.29) is 22.8 Å². The number of benzene rings is 3. The second-order valence-electron chi connectivity index (χ2n) is 6.40. The topological polar surface area (TPSA) is 70.4 Å². The largest absolute Gasteiger partial charge is 0.508 e. The van der Waals surface area contributed by atoms with Crippen LogP contribution in [0.1, 0.15) is 15.9 Å². The first kappa shape index (κ1) is 17.5. The molecule has 0 aliphatic carbocycles. The maximum atomic E-state index is 12.4. The third-order valence-electron chi connectivity index (χ3n) is 4.52. The Morgan fingerprint density at radius 1 is 0.893 bits per heavy atom. The standard InChI is InChI=1S/C24H17NO3/c26-19-10-11-21(24(28)14-19)23(27)12-9-16-5-1-3-7-20(16)18-13-17-6-2-4-8-22(17)25-15-18/h1-15,26,28H/b12-9+. The molecule has 0 amide bonds. The Bertz CT molecular complexity index is 1210.